The van der Waals surface area contributed by atoms with Crippen LogP contribution in [0, 0.1) is 6.92 Å². The molecular weight excluding hydrogens is 742 g/mol. The SMILES string of the molecule is Cc1ccc(S(=O)(=O)N(CC(=O)N(Cc2ccc(Br)cc2)[C@@H](Cc2ccccc2)C(=O)NC2CCCCC2)c2cccc(Br)c2)cc1. The zero-order valence-corrected chi connectivity index (χ0v) is 30.3. The van der Waals surface area contributed by atoms with E-state index in [9.17, 15) is 18.0 Å². The number of benzene rings is 4. The molecule has 0 bridgehead atoms. The Morgan fingerprint density at radius 3 is 2.15 bits per heavy atom. The smallest absolute Gasteiger partial charge is 0.264 e. The highest BCUT2D eigenvalue weighted by atomic mass is 79.9. The summed E-state index contributed by atoms with van der Waals surface area (Å²) in [4.78, 5) is 30.5. The van der Waals surface area contributed by atoms with Crippen LogP contribution in [0.15, 0.2) is 117 Å². The van der Waals surface area contributed by atoms with Gasteiger partial charge in [0.1, 0.15) is 12.6 Å². The van der Waals surface area contributed by atoms with Crippen LogP contribution in [-0.2, 0) is 32.6 Å². The normalized spacial score (nSPS) is 14.3. The molecule has 5 rings (SSSR count). The summed E-state index contributed by atoms with van der Waals surface area (Å²) in [7, 11) is -4.16. The molecule has 0 radical (unpaired) electrons. The number of rotatable bonds is 12. The van der Waals surface area contributed by atoms with Crippen LogP contribution in [0.2, 0.25) is 0 Å². The fraction of sp³-hybridized carbons (Fsp3) is 0.297. The lowest BCUT2D eigenvalue weighted by atomic mass is 9.94. The minimum atomic E-state index is -4.16. The number of carbonyl (C=O) groups excluding carboxylic acids is 2. The van der Waals surface area contributed by atoms with Gasteiger partial charge in [0.25, 0.3) is 10.0 Å². The zero-order chi connectivity index (χ0) is 33.4. The topological polar surface area (TPSA) is 86.8 Å². The minimum absolute atomic E-state index is 0.0410. The summed E-state index contributed by atoms with van der Waals surface area (Å²) in [5, 5.41) is 3.24. The summed E-state index contributed by atoms with van der Waals surface area (Å²) in [6.07, 6.45) is 5.33. The van der Waals surface area contributed by atoms with Crippen LogP contribution >= 0.6 is 31.9 Å². The quantitative estimate of drug-likeness (QED) is 0.159. The molecule has 1 aliphatic carbocycles. The summed E-state index contributed by atoms with van der Waals surface area (Å²) in [6.45, 7) is 1.51. The Balaban J connectivity index is 1.56. The molecule has 47 heavy (non-hydrogen) atoms. The molecule has 4 aromatic rings. The third-order valence-electron chi connectivity index (χ3n) is 8.47. The Morgan fingerprint density at radius 2 is 1.49 bits per heavy atom. The monoisotopic (exact) mass is 779 g/mol. The van der Waals surface area contributed by atoms with Gasteiger partial charge in [0.05, 0.1) is 10.6 Å². The van der Waals surface area contributed by atoms with Crippen molar-refractivity contribution in [1.82, 2.24) is 10.2 Å². The van der Waals surface area contributed by atoms with Crippen LogP contribution in [0.25, 0.3) is 0 Å². The second-order valence-electron chi connectivity index (χ2n) is 12.0. The Morgan fingerprint density at radius 1 is 0.809 bits per heavy atom. The van der Waals surface area contributed by atoms with Crippen molar-refractivity contribution in [3.63, 3.8) is 0 Å². The number of nitrogens with one attached hydrogen (secondary N) is 1. The number of sulfonamides is 1. The Hall–Kier alpha value is -3.47. The molecule has 1 fully saturated rings. The van der Waals surface area contributed by atoms with Crippen molar-refractivity contribution in [2.24, 2.45) is 0 Å². The van der Waals surface area contributed by atoms with Crippen molar-refractivity contribution in [1.29, 1.82) is 0 Å². The first-order valence-corrected chi connectivity index (χ1v) is 18.9. The second-order valence-corrected chi connectivity index (χ2v) is 15.7. The molecule has 246 valence electrons. The maximum atomic E-state index is 14.7. The van der Waals surface area contributed by atoms with E-state index in [0.29, 0.717) is 10.2 Å². The number of amides is 2. The fourth-order valence-electron chi connectivity index (χ4n) is 5.88. The number of carbonyl (C=O) groups is 2. The molecule has 0 aliphatic heterocycles. The van der Waals surface area contributed by atoms with Crippen molar-refractivity contribution in [2.45, 2.75) is 69.0 Å². The van der Waals surface area contributed by atoms with Crippen molar-refractivity contribution in [3.05, 3.63) is 129 Å². The van der Waals surface area contributed by atoms with Gasteiger partial charge in [0, 0.05) is 28.0 Å². The molecule has 4 aromatic carbocycles. The molecular formula is C37H39Br2N3O4S. The molecule has 0 spiro atoms. The molecule has 10 heteroatoms. The number of nitrogens with zero attached hydrogens (tertiary/aromatic N) is 2. The van der Waals surface area contributed by atoms with E-state index in [0.717, 1.165) is 57.6 Å². The first-order chi connectivity index (χ1) is 22.6. The van der Waals surface area contributed by atoms with Crippen LogP contribution in [0.3, 0.4) is 0 Å². The maximum absolute atomic E-state index is 14.7. The van der Waals surface area contributed by atoms with E-state index in [-0.39, 0.29) is 29.8 Å². The first-order valence-electron chi connectivity index (χ1n) is 15.8. The predicted molar refractivity (Wildman–Crippen MR) is 193 cm³/mol. The van der Waals surface area contributed by atoms with Gasteiger partial charge in [0.15, 0.2) is 0 Å². The highest BCUT2D eigenvalue weighted by Crippen LogP contribution is 2.28. The second kappa shape index (κ2) is 16.1. The van der Waals surface area contributed by atoms with Crippen molar-refractivity contribution >= 4 is 59.4 Å². The van der Waals surface area contributed by atoms with Gasteiger partial charge >= 0.3 is 0 Å². The van der Waals surface area contributed by atoms with Gasteiger partial charge in [-0.15, -0.1) is 0 Å². The lowest BCUT2D eigenvalue weighted by Crippen LogP contribution is -2.55. The van der Waals surface area contributed by atoms with Gasteiger partial charge in [0.2, 0.25) is 11.8 Å². The summed E-state index contributed by atoms with van der Waals surface area (Å²) >= 11 is 6.94. The number of aryl methyl sites for hydroxylation is 1. The molecule has 0 saturated heterocycles. The molecule has 7 nitrogen and oxygen atoms in total. The van der Waals surface area contributed by atoms with Gasteiger partial charge in [-0.1, -0.05) is 117 Å². The molecule has 1 saturated carbocycles. The van der Waals surface area contributed by atoms with E-state index in [1.54, 1.807) is 53.4 Å². The van der Waals surface area contributed by atoms with Crippen LogP contribution in [0.4, 0.5) is 5.69 Å². The van der Waals surface area contributed by atoms with Crippen LogP contribution in [-0.4, -0.2) is 43.8 Å². The molecule has 0 heterocycles. The third kappa shape index (κ3) is 9.33. The molecule has 1 aliphatic rings. The van der Waals surface area contributed by atoms with Gasteiger partial charge in [-0.3, -0.25) is 13.9 Å². The van der Waals surface area contributed by atoms with E-state index < -0.39 is 28.5 Å². The average molecular weight is 782 g/mol. The first kappa shape index (κ1) is 34.9. The summed E-state index contributed by atoms with van der Waals surface area (Å²) < 4.78 is 31.1. The van der Waals surface area contributed by atoms with Crippen LogP contribution in [0.5, 0.6) is 0 Å². The highest BCUT2D eigenvalue weighted by Gasteiger charge is 2.35. The number of halogens is 2. The summed E-state index contributed by atoms with van der Waals surface area (Å²) in [5.74, 6) is -0.718. The molecule has 1 N–H and O–H groups in total. The lowest BCUT2D eigenvalue weighted by molar-refractivity contribution is -0.140. The Labute approximate surface area is 294 Å². The summed E-state index contributed by atoms with van der Waals surface area (Å²) in [5.41, 5.74) is 2.98. The fourth-order valence-corrected chi connectivity index (χ4v) is 7.94. The van der Waals surface area contributed by atoms with Gasteiger partial charge in [-0.05, 0) is 73.4 Å². The van der Waals surface area contributed by atoms with E-state index in [4.69, 9.17) is 0 Å². The molecule has 1 atom stereocenters. The summed E-state index contributed by atoms with van der Waals surface area (Å²) in [6, 6.07) is 29.8. The largest absolute Gasteiger partial charge is 0.352 e. The minimum Gasteiger partial charge on any atom is -0.352 e. The van der Waals surface area contributed by atoms with E-state index in [1.807, 2.05) is 61.5 Å². The average Bonchev–Trinajstić information content (AvgIpc) is 3.07. The van der Waals surface area contributed by atoms with E-state index in [1.165, 1.54) is 0 Å². The predicted octanol–water partition coefficient (Wildman–Crippen LogP) is 7.80. The van der Waals surface area contributed by atoms with Crippen LogP contribution in [0.1, 0.15) is 48.8 Å². The number of anilines is 1. The van der Waals surface area contributed by atoms with Gasteiger partial charge in [-0.2, -0.15) is 0 Å². The van der Waals surface area contributed by atoms with Gasteiger partial charge < -0.3 is 10.2 Å². The third-order valence-corrected chi connectivity index (χ3v) is 11.3. The Bertz CT molecular complexity index is 1760. The van der Waals surface area contributed by atoms with Crippen molar-refractivity contribution in [3.8, 4) is 0 Å². The highest BCUT2D eigenvalue weighted by molar-refractivity contribution is 9.10. The van der Waals surface area contributed by atoms with Crippen molar-refractivity contribution < 1.29 is 18.0 Å². The molecule has 0 unspecified atom stereocenters. The Kier molecular flexibility index (Phi) is 11.9. The van der Waals surface area contributed by atoms with Gasteiger partial charge in [-0.25, -0.2) is 8.42 Å². The molecule has 0 aromatic heterocycles. The van der Waals surface area contributed by atoms with E-state index in [2.05, 4.69) is 37.2 Å². The zero-order valence-electron chi connectivity index (χ0n) is 26.3. The maximum Gasteiger partial charge on any atom is 0.264 e. The number of hydrogen-bond acceptors (Lipinski definition) is 4. The lowest BCUT2D eigenvalue weighted by Gasteiger charge is -2.35. The van der Waals surface area contributed by atoms with Crippen LogP contribution < -0.4 is 9.62 Å². The molecule has 2 amide bonds. The number of hydrogen-bond donors (Lipinski definition) is 1. The van der Waals surface area contributed by atoms with Crippen molar-refractivity contribution in [2.75, 3.05) is 10.8 Å². The van der Waals surface area contributed by atoms with E-state index >= 15 is 0 Å². The standard InChI is InChI=1S/C37H39Br2N3O4S/c1-27-15-21-34(22-16-27)47(45,46)42(33-14-8-11-31(39)24-33)26-36(43)41(25-29-17-19-30(38)20-18-29)35(23-28-9-4-2-5-10-28)37(44)40-32-12-6-3-7-13-32/h2,4-5,8-11,14-22,24,32,35H,3,6-7,12-13,23,25-26H2,1H3,(H,40,44)/t35-/m0/s1.